The summed E-state index contributed by atoms with van der Waals surface area (Å²) in [5, 5.41) is 3.43. The van der Waals surface area contributed by atoms with Crippen molar-refractivity contribution >= 4 is 17.3 Å². The summed E-state index contributed by atoms with van der Waals surface area (Å²) in [7, 11) is 0. The van der Waals surface area contributed by atoms with Crippen LogP contribution in [0.25, 0.3) is 0 Å². The molecule has 1 aromatic rings. The number of hydrogen-bond acceptors (Lipinski definition) is 3. The lowest BCUT2D eigenvalue weighted by molar-refractivity contribution is -0.117. The second kappa shape index (κ2) is 4.61. The van der Waals surface area contributed by atoms with Gasteiger partial charge in [0.05, 0.1) is 11.4 Å². The third kappa shape index (κ3) is 2.82. The molecule has 3 N–H and O–H groups in total. The van der Waals surface area contributed by atoms with Crippen molar-refractivity contribution in [3.05, 3.63) is 24.3 Å². The van der Waals surface area contributed by atoms with Gasteiger partial charge < -0.3 is 16.0 Å². The molecule has 1 amide bonds. The van der Waals surface area contributed by atoms with Crippen LogP contribution in [-0.4, -0.2) is 24.0 Å². The van der Waals surface area contributed by atoms with Crippen molar-refractivity contribution in [2.75, 3.05) is 16.8 Å². The van der Waals surface area contributed by atoms with E-state index in [1.54, 1.807) is 4.90 Å². The van der Waals surface area contributed by atoms with E-state index in [4.69, 9.17) is 5.73 Å². The van der Waals surface area contributed by atoms with Gasteiger partial charge >= 0.3 is 0 Å². The zero-order chi connectivity index (χ0) is 13.3. The van der Waals surface area contributed by atoms with Crippen molar-refractivity contribution in [2.24, 2.45) is 5.73 Å². The summed E-state index contributed by atoms with van der Waals surface area (Å²) in [6.45, 7) is 6.89. The molecule has 2 rings (SSSR count). The van der Waals surface area contributed by atoms with Crippen molar-refractivity contribution in [1.82, 2.24) is 0 Å². The lowest BCUT2D eigenvalue weighted by atomic mass is 10.1. The van der Waals surface area contributed by atoms with E-state index in [0.29, 0.717) is 13.0 Å². The van der Waals surface area contributed by atoms with E-state index >= 15 is 0 Å². The Kier molecular flexibility index (Phi) is 3.30. The largest absolute Gasteiger partial charge is 0.379 e. The molecule has 0 spiro atoms. The molecule has 0 aliphatic carbocycles. The molecule has 18 heavy (non-hydrogen) atoms. The first-order valence-electron chi connectivity index (χ1n) is 6.30. The first-order valence-corrected chi connectivity index (χ1v) is 6.30. The fraction of sp³-hybridized carbons (Fsp3) is 0.500. The van der Waals surface area contributed by atoms with Crippen LogP contribution in [0.1, 0.15) is 27.2 Å². The number of para-hydroxylation sites is 2. The van der Waals surface area contributed by atoms with E-state index in [0.717, 1.165) is 11.4 Å². The second-order valence-corrected chi connectivity index (χ2v) is 5.86. The lowest BCUT2D eigenvalue weighted by Crippen LogP contribution is -2.31. The number of hydrogen-bond donors (Lipinski definition) is 2. The first kappa shape index (κ1) is 12.9. The molecule has 4 nitrogen and oxygen atoms in total. The first-order chi connectivity index (χ1) is 8.37. The Balaban J connectivity index is 2.30. The van der Waals surface area contributed by atoms with Crippen molar-refractivity contribution in [1.29, 1.82) is 0 Å². The molecular weight excluding hydrogens is 226 g/mol. The fourth-order valence-corrected chi connectivity index (χ4v) is 2.19. The van der Waals surface area contributed by atoms with E-state index in [9.17, 15) is 4.79 Å². The minimum Gasteiger partial charge on any atom is -0.379 e. The summed E-state index contributed by atoms with van der Waals surface area (Å²) >= 11 is 0. The van der Waals surface area contributed by atoms with E-state index < -0.39 is 0 Å². The van der Waals surface area contributed by atoms with Gasteiger partial charge in [0, 0.05) is 24.5 Å². The van der Waals surface area contributed by atoms with Crippen molar-refractivity contribution in [3.8, 4) is 0 Å². The van der Waals surface area contributed by atoms with Gasteiger partial charge in [0.2, 0.25) is 5.91 Å². The number of nitrogens with one attached hydrogen (secondary N) is 1. The quantitative estimate of drug-likeness (QED) is 0.840. The van der Waals surface area contributed by atoms with E-state index in [1.807, 2.05) is 24.3 Å². The van der Waals surface area contributed by atoms with Gasteiger partial charge in [0.25, 0.3) is 0 Å². The van der Waals surface area contributed by atoms with Gasteiger partial charge in [0.1, 0.15) is 0 Å². The number of amides is 1. The van der Waals surface area contributed by atoms with Gasteiger partial charge in [-0.15, -0.1) is 0 Å². The number of carbonyl (C=O) groups excluding carboxylic acids is 1. The third-order valence-electron chi connectivity index (χ3n) is 2.86. The molecule has 0 aromatic heterocycles. The summed E-state index contributed by atoms with van der Waals surface area (Å²) < 4.78 is 0. The van der Waals surface area contributed by atoms with Crippen LogP contribution < -0.4 is 16.0 Å². The molecule has 1 heterocycles. The standard InChI is InChI=1S/C14H21N3O/c1-14(2,3)16-11-6-4-5-7-12(11)17-9-10(15)8-13(17)18/h4-7,10,16H,8-9,15H2,1-3H3. The molecule has 1 fully saturated rings. The van der Waals surface area contributed by atoms with Crippen LogP contribution in [0, 0.1) is 0 Å². The topological polar surface area (TPSA) is 58.4 Å². The molecule has 1 aromatic carbocycles. The highest BCUT2D eigenvalue weighted by atomic mass is 16.2. The molecule has 1 unspecified atom stereocenters. The Morgan fingerprint density at radius 1 is 1.33 bits per heavy atom. The average Bonchev–Trinajstić information content (AvgIpc) is 2.56. The van der Waals surface area contributed by atoms with Crippen LogP contribution in [0.3, 0.4) is 0 Å². The van der Waals surface area contributed by atoms with Gasteiger partial charge in [-0.3, -0.25) is 4.79 Å². The summed E-state index contributed by atoms with van der Waals surface area (Å²) in [6.07, 6.45) is 0.434. The zero-order valence-corrected chi connectivity index (χ0v) is 11.2. The molecule has 0 saturated carbocycles. The van der Waals surface area contributed by atoms with Crippen molar-refractivity contribution in [2.45, 2.75) is 38.8 Å². The number of rotatable bonds is 2. The maximum atomic E-state index is 11.9. The van der Waals surface area contributed by atoms with E-state index in [-0.39, 0.29) is 17.5 Å². The Bertz CT molecular complexity index is 451. The monoisotopic (exact) mass is 247 g/mol. The summed E-state index contributed by atoms with van der Waals surface area (Å²) in [5.74, 6) is 0.102. The lowest BCUT2D eigenvalue weighted by Gasteiger charge is -2.27. The van der Waals surface area contributed by atoms with Crippen LogP contribution in [-0.2, 0) is 4.79 Å². The van der Waals surface area contributed by atoms with Crippen LogP contribution in [0.15, 0.2) is 24.3 Å². The molecule has 98 valence electrons. The second-order valence-electron chi connectivity index (χ2n) is 5.86. The smallest absolute Gasteiger partial charge is 0.228 e. The summed E-state index contributed by atoms with van der Waals surface area (Å²) in [5.41, 5.74) is 7.71. The molecular formula is C14H21N3O. The average molecular weight is 247 g/mol. The maximum Gasteiger partial charge on any atom is 0.228 e. The van der Waals surface area contributed by atoms with Crippen LogP contribution in [0.5, 0.6) is 0 Å². The predicted molar refractivity (Wildman–Crippen MR) is 74.8 cm³/mol. The fourth-order valence-electron chi connectivity index (χ4n) is 2.19. The molecule has 1 saturated heterocycles. The Hall–Kier alpha value is -1.55. The minimum atomic E-state index is -0.0554. The Labute approximate surface area is 108 Å². The number of benzene rings is 1. The van der Waals surface area contributed by atoms with Crippen LogP contribution >= 0.6 is 0 Å². The van der Waals surface area contributed by atoms with Gasteiger partial charge in [-0.2, -0.15) is 0 Å². The minimum absolute atomic E-state index is 0.0407. The molecule has 1 atom stereocenters. The number of nitrogens with two attached hydrogens (primary N) is 1. The van der Waals surface area contributed by atoms with Gasteiger partial charge in [-0.05, 0) is 32.9 Å². The normalized spacial score (nSPS) is 20.3. The maximum absolute atomic E-state index is 11.9. The summed E-state index contributed by atoms with van der Waals surface area (Å²) in [6, 6.07) is 7.82. The molecule has 4 heteroatoms. The van der Waals surface area contributed by atoms with Crippen LogP contribution in [0.2, 0.25) is 0 Å². The highest BCUT2D eigenvalue weighted by Crippen LogP contribution is 2.30. The van der Waals surface area contributed by atoms with Gasteiger partial charge in [0.15, 0.2) is 0 Å². The highest BCUT2D eigenvalue weighted by Gasteiger charge is 2.29. The third-order valence-corrected chi connectivity index (χ3v) is 2.86. The molecule has 1 aliphatic heterocycles. The van der Waals surface area contributed by atoms with E-state index in [1.165, 1.54) is 0 Å². The zero-order valence-electron chi connectivity index (χ0n) is 11.2. The summed E-state index contributed by atoms with van der Waals surface area (Å²) in [4.78, 5) is 13.7. The molecule has 0 bridgehead atoms. The van der Waals surface area contributed by atoms with Crippen LogP contribution in [0.4, 0.5) is 11.4 Å². The number of anilines is 2. The Morgan fingerprint density at radius 2 is 2.00 bits per heavy atom. The predicted octanol–water partition coefficient (Wildman–Crippen LogP) is 1.96. The molecule has 0 radical (unpaired) electrons. The van der Waals surface area contributed by atoms with Crippen molar-refractivity contribution < 1.29 is 4.79 Å². The highest BCUT2D eigenvalue weighted by molar-refractivity contribution is 5.99. The van der Waals surface area contributed by atoms with E-state index in [2.05, 4.69) is 26.1 Å². The van der Waals surface area contributed by atoms with Crippen molar-refractivity contribution in [3.63, 3.8) is 0 Å². The number of nitrogens with zero attached hydrogens (tertiary/aromatic N) is 1. The number of carbonyl (C=O) groups is 1. The van der Waals surface area contributed by atoms with Gasteiger partial charge in [-0.1, -0.05) is 12.1 Å². The Morgan fingerprint density at radius 3 is 2.56 bits per heavy atom. The van der Waals surface area contributed by atoms with Gasteiger partial charge in [-0.25, -0.2) is 0 Å². The molecule has 1 aliphatic rings. The SMILES string of the molecule is CC(C)(C)Nc1ccccc1N1CC(N)CC1=O.